The number of fused-ring (bicyclic) bond motifs is 2. The molecule has 4 atom stereocenters. The van der Waals surface area contributed by atoms with Crippen LogP contribution in [0.15, 0.2) is 23.2 Å². The third-order valence-corrected chi connectivity index (χ3v) is 7.66. The lowest BCUT2D eigenvalue weighted by atomic mass is 9.77. The minimum Gasteiger partial charge on any atom is -0.477 e. The van der Waals surface area contributed by atoms with E-state index in [2.05, 4.69) is 10.3 Å². The molecule has 0 saturated carbocycles. The number of hydrogen-bond acceptors (Lipinski definition) is 7. The lowest BCUT2D eigenvalue weighted by Crippen LogP contribution is -2.63. The van der Waals surface area contributed by atoms with E-state index >= 15 is 0 Å². The van der Waals surface area contributed by atoms with Crippen LogP contribution in [0.5, 0.6) is 0 Å². The zero-order valence-electron chi connectivity index (χ0n) is 15.8. The fourth-order valence-electron chi connectivity index (χ4n) is 4.17. The topological polar surface area (TPSA) is 131 Å². The fraction of sp³-hybridized carbons (Fsp3) is 0.444. The number of β-lactam (4-membered cyclic amide) rings is 1. The highest BCUT2D eigenvalue weighted by Crippen LogP contribution is 2.51. The monoisotopic (exact) mass is 435 g/mol. The number of aromatic nitrogens is 2. The molecule has 1 saturated heterocycles. The van der Waals surface area contributed by atoms with Crippen LogP contribution in [-0.4, -0.2) is 67.2 Å². The molecule has 1 amide bonds. The highest BCUT2D eigenvalue weighted by atomic mass is 32.2. The van der Waals surface area contributed by atoms with Crippen molar-refractivity contribution >= 4 is 51.7 Å². The van der Waals surface area contributed by atoms with Crippen molar-refractivity contribution in [1.82, 2.24) is 19.6 Å². The van der Waals surface area contributed by atoms with Crippen molar-refractivity contribution in [3.63, 3.8) is 0 Å². The number of thiazole rings is 1. The summed E-state index contributed by atoms with van der Waals surface area (Å²) in [5.41, 5.74) is 0.653. The van der Waals surface area contributed by atoms with Crippen molar-refractivity contribution in [3.05, 3.63) is 23.1 Å². The van der Waals surface area contributed by atoms with Gasteiger partial charge in [0, 0.05) is 30.0 Å². The molecule has 2 aromatic heterocycles. The number of carbonyl (C=O) groups excluding carboxylic acids is 1. The number of carbonyl (C=O) groups is 2. The normalized spacial score (nSPS) is 24.6. The van der Waals surface area contributed by atoms with Crippen LogP contribution in [0.25, 0.3) is 10.4 Å². The standard InChI is InChI=1S/C18H21N5O4S2/c1-8-11(14(18(26)27)23-13(8)12(9(2)24)16(23)25)10-5-22-7-21-15(17(22)29-10)28-4-3-20-6-19/h5-9,12-13,24H,3-4H2,1-2H3,(H2,19,20)(H,26,27)/t8-,9+,12+,13+/m0/s1. The number of carboxylic acid groups (broad SMARTS) is 1. The maximum Gasteiger partial charge on any atom is 0.352 e. The Morgan fingerprint density at radius 1 is 1.55 bits per heavy atom. The predicted molar refractivity (Wildman–Crippen MR) is 110 cm³/mol. The molecule has 0 spiro atoms. The van der Waals surface area contributed by atoms with Gasteiger partial charge < -0.3 is 20.4 Å². The molecule has 1 fully saturated rings. The fourth-order valence-corrected chi connectivity index (χ4v) is 6.35. The van der Waals surface area contributed by atoms with E-state index in [1.807, 2.05) is 17.5 Å². The Bertz CT molecular complexity index is 1030. The summed E-state index contributed by atoms with van der Waals surface area (Å²) in [6.45, 7) is 4.13. The van der Waals surface area contributed by atoms with Gasteiger partial charge in [-0.3, -0.25) is 14.6 Å². The second-order valence-electron chi connectivity index (χ2n) is 7.13. The number of nitrogens with one attached hydrogen (secondary N) is 2. The minimum absolute atomic E-state index is 0.0197. The quantitative estimate of drug-likeness (QED) is 0.162. The highest BCUT2D eigenvalue weighted by Gasteiger charge is 2.60. The van der Waals surface area contributed by atoms with E-state index in [0.717, 1.165) is 26.8 Å². The first-order chi connectivity index (χ1) is 13.9. The van der Waals surface area contributed by atoms with E-state index in [0.29, 0.717) is 12.1 Å². The second kappa shape index (κ2) is 7.47. The summed E-state index contributed by atoms with van der Waals surface area (Å²) in [5.74, 6) is -1.48. The maximum atomic E-state index is 12.5. The van der Waals surface area contributed by atoms with Gasteiger partial charge in [-0.1, -0.05) is 6.92 Å². The van der Waals surface area contributed by atoms with Crippen LogP contribution in [0.3, 0.4) is 0 Å². The number of hydrogen-bond donors (Lipinski definition) is 4. The average Bonchev–Trinajstić information content (AvgIpc) is 3.29. The van der Waals surface area contributed by atoms with Crippen molar-refractivity contribution in [2.75, 3.05) is 12.3 Å². The first kappa shape index (κ1) is 19.9. The molecule has 0 radical (unpaired) electrons. The molecule has 2 aliphatic rings. The first-order valence-electron chi connectivity index (χ1n) is 9.17. The van der Waals surface area contributed by atoms with Gasteiger partial charge in [0.05, 0.1) is 29.3 Å². The van der Waals surface area contributed by atoms with Crippen molar-refractivity contribution in [2.45, 2.75) is 31.0 Å². The molecule has 0 unspecified atom stereocenters. The molecule has 29 heavy (non-hydrogen) atoms. The van der Waals surface area contributed by atoms with Gasteiger partial charge in [-0.25, -0.2) is 9.78 Å². The third kappa shape index (κ3) is 3.04. The van der Waals surface area contributed by atoms with E-state index in [1.54, 1.807) is 25.0 Å². The Morgan fingerprint density at radius 2 is 2.31 bits per heavy atom. The minimum atomic E-state index is -1.13. The lowest BCUT2D eigenvalue weighted by molar-refractivity contribution is -0.163. The van der Waals surface area contributed by atoms with Gasteiger partial charge in [0.1, 0.15) is 21.9 Å². The molecule has 4 rings (SSSR count). The van der Waals surface area contributed by atoms with Crippen LogP contribution in [-0.2, 0) is 9.59 Å². The molecule has 4 heterocycles. The Balaban J connectivity index is 1.69. The van der Waals surface area contributed by atoms with Crippen molar-refractivity contribution in [2.24, 2.45) is 11.8 Å². The van der Waals surface area contributed by atoms with E-state index in [9.17, 15) is 19.8 Å². The summed E-state index contributed by atoms with van der Waals surface area (Å²) in [6, 6.07) is -0.329. The van der Waals surface area contributed by atoms with Crippen LogP contribution in [0.1, 0.15) is 18.7 Å². The van der Waals surface area contributed by atoms with E-state index in [1.165, 1.54) is 16.2 Å². The van der Waals surface area contributed by atoms with Gasteiger partial charge in [0.2, 0.25) is 5.91 Å². The number of aliphatic hydroxyl groups is 1. The van der Waals surface area contributed by atoms with Gasteiger partial charge in [-0.05, 0) is 6.92 Å². The zero-order chi connectivity index (χ0) is 20.9. The molecule has 4 N–H and O–H groups in total. The Labute approximate surface area is 174 Å². The van der Waals surface area contributed by atoms with Crippen molar-refractivity contribution in [3.8, 4) is 0 Å². The number of rotatable bonds is 8. The van der Waals surface area contributed by atoms with Crippen LogP contribution in [0, 0.1) is 17.2 Å². The molecule has 154 valence electrons. The number of imidazole rings is 1. The molecule has 0 aromatic carbocycles. The van der Waals surface area contributed by atoms with Gasteiger partial charge in [0.15, 0.2) is 0 Å². The summed E-state index contributed by atoms with van der Waals surface area (Å²) < 4.78 is 1.87. The van der Waals surface area contributed by atoms with Gasteiger partial charge in [-0.2, -0.15) is 0 Å². The average molecular weight is 436 g/mol. The molecule has 9 nitrogen and oxygen atoms in total. The van der Waals surface area contributed by atoms with E-state index in [-0.39, 0.29) is 23.6 Å². The predicted octanol–water partition coefficient (Wildman–Crippen LogP) is 1.34. The number of carboxylic acids is 1. The molecular formula is C18H21N5O4S2. The van der Waals surface area contributed by atoms with Crippen LogP contribution in [0.4, 0.5) is 0 Å². The van der Waals surface area contributed by atoms with Crippen molar-refractivity contribution in [1.29, 1.82) is 5.41 Å². The zero-order valence-corrected chi connectivity index (χ0v) is 17.5. The van der Waals surface area contributed by atoms with E-state index < -0.39 is 18.0 Å². The van der Waals surface area contributed by atoms with Crippen molar-refractivity contribution < 1.29 is 19.8 Å². The van der Waals surface area contributed by atoms with Gasteiger partial charge in [0.25, 0.3) is 0 Å². The van der Waals surface area contributed by atoms with E-state index in [4.69, 9.17) is 5.41 Å². The third-order valence-electron chi connectivity index (χ3n) is 5.41. The molecule has 0 aliphatic carbocycles. The highest BCUT2D eigenvalue weighted by molar-refractivity contribution is 7.99. The summed E-state index contributed by atoms with van der Waals surface area (Å²) in [4.78, 5) is 32.0. The second-order valence-corrected chi connectivity index (χ2v) is 9.24. The smallest absolute Gasteiger partial charge is 0.352 e. The molecule has 0 bridgehead atoms. The van der Waals surface area contributed by atoms with Gasteiger partial charge in [-0.15, -0.1) is 23.1 Å². The largest absolute Gasteiger partial charge is 0.477 e. The number of aliphatic hydroxyl groups excluding tert-OH is 1. The summed E-state index contributed by atoms with van der Waals surface area (Å²) >= 11 is 3.01. The molecule has 11 heteroatoms. The number of thioether (sulfide) groups is 1. The summed E-state index contributed by atoms with van der Waals surface area (Å²) in [5, 5.41) is 30.5. The number of amides is 1. The SMILES string of the molecule is C[C@@H](O)[C@H]1C(=O)N2C(C(=O)O)=C(c3cn4cnc(SCCNC=N)c4s3)[C@H](C)[C@H]12. The Kier molecular flexibility index (Phi) is 5.13. The van der Waals surface area contributed by atoms with Crippen LogP contribution < -0.4 is 5.32 Å². The van der Waals surface area contributed by atoms with Crippen LogP contribution in [0.2, 0.25) is 0 Å². The van der Waals surface area contributed by atoms with Gasteiger partial charge >= 0.3 is 5.97 Å². The number of aliphatic carboxylic acids is 1. The lowest BCUT2D eigenvalue weighted by Gasteiger charge is -2.46. The summed E-state index contributed by atoms with van der Waals surface area (Å²) in [6.07, 6.45) is 3.89. The molecular weight excluding hydrogens is 414 g/mol. The molecule has 2 aliphatic heterocycles. The Morgan fingerprint density at radius 3 is 2.97 bits per heavy atom. The molecule has 2 aromatic rings. The Hall–Kier alpha value is -2.37. The first-order valence-corrected chi connectivity index (χ1v) is 11.0. The maximum absolute atomic E-state index is 12.5. The van der Waals surface area contributed by atoms with Crippen LogP contribution >= 0.6 is 23.1 Å². The summed E-state index contributed by atoms with van der Waals surface area (Å²) in [7, 11) is 0. The number of nitrogens with zero attached hydrogens (tertiary/aromatic N) is 3.